The molecule has 1 aliphatic carbocycles. The number of anilines is 1. The van der Waals surface area contributed by atoms with Gasteiger partial charge < -0.3 is 25.0 Å². The molecule has 9 heteroatoms. The fourth-order valence-corrected chi connectivity index (χ4v) is 4.09. The number of hydrogen-bond acceptors (Lipinski definition) is 5. The summed E-state index contributed by atoms with van der Waals surface area (Å²) in [5.74, 6) is -1.99. The lowest BCUT2D eigenvalue weighted by atomic mass is 9.97. The molecule has 2 aliphatic rings. The summed E-state index contributed by atoms with van der Waals surface area (Å²) in [6, 6.07) is 7.95. The maximum atomic E-state index is 14.4. The number of ether oxygens (including phenoxy) is 1. The summed E-state index contributed by atoms with van der Waals surface area (Å²) in [6.45, 7) is 5.66. The molecule has 4 rings (SSSR count). The van der Waals surface area contributed by atoms with Crippen LogP contribution in [0.15, 0.2) is 59.3 Å². The van der Waals surface area contributed by atoms with Gasteiger partial charge in [0.2, 0.25) is 5.91 Å². The summed E-state index contributed by atoms with van der Waals surface area (Å²) < 4.78 is 33.6. The Balaban J connectivity index is 1.84. The largest absolute Gasteiger partial charge is 0.452 e. The molecule has 7 nitrogen and oxygen atoms in total. The van der Waals surface area contributed by atoms with Crippen molar-refractivity contribution in [2.24, 2.45) is 0 Å². The minimum Gasteiger partial charge on any atom is -0.452 e. The smallest absolute Gasteiger partial charge is 0.253 e. The number of aliphatic hydroxyl groups is 1. The van der Waals surface area contributed by atoms with E-state index in [0.29, 0.717) is 34.6 Å². The standard InChI is InChI=1S/C26H27F2N3O4/c1-5-29-24(32)15-10-18-20(11-15)31(14-30(4)25(18)33)21-12-16(26(2,3)34)6-8-23(21)35-22-9-7-17(27)13-19(22)28/h6-9,11-13,34H,5,10,14H2,1-4H3,(H,29,32). The number of nitrogens with zero attached hydrogens (tertiary/aromatic N) is 2. The topological polar surface area (TPSA) is 82.1 Å². The molecule has 2 aromatic rings. The number of benzene rings is 2. The first-order valence-electron chi connectivity index (χ1n) is 11.2. The number of rotatable bonds is 6. The molecular formula is C26H27F2N3O4. The fraction of sp³-hybridized carbons (Fsp3) is 0.308. The van der Waals surface area contributed by atoms with Crippen LogP contribution in [0.3, 0.4) is 0 Å². The molecule has 0 saturated heterocycles. The molecule has 0 bridgehead atoms. The highest BCUT2D eigenvalue weighted by Gasteiger charge is 2.36. The third kappa shape index (κ3) is 4.77. The zero-order valence-corrected chi connectivity index (χ0v) is 20.0. The Morgan fingerprint density at radius 1 is 1.17 bits per heavy atom. The number of halogens is 2. The van der Waals surface area contributed by atoms with E-state index in [1.54, 1.807) is 50.1 Å². The number of amides is 2. The van der Waals surface area contributed by atoms with Gasteiger partial charge in [0.05, 0.1) is 23.7 Å². The normalized spacial score (nSPS) is 15.9. The van der Waals surface area contributed by atoms with Crippen molar-refractivity contribution in [2.75, 3.05) is 25.2 Å². The second-order valence-electron chi connectivity index (χ2n) is 9.06. The third-order valence-electron chi connectivity index (χ3n) is 5.94. The molecule has 0 fully saturated rings. The Morgan fingerprint density at radius 2 is 1.89 bits per heavy atom. The van der Waals surface area contributed by atoms with Crippen molar-refractivity contribution >= 4 is 17.5 Å². The van der Waals surface area contributed by atoms with Gasteiger partial charge in [0.25, 0.3) is 5.91 Å². The van der Waals surface area contributed by atoms with Crippen LogP contribution < -0.4 is 15.0 Å². The van der Waals surface area contributed by atoms with Gasteiger partial charge in [-0.15, -0.1) is 0 Å². The van der Waals surface area contributed by atoms with Crippen LogP contribution in [0.5, 0.6) is 11.5 Å². The Kier molecular flexibility index (Phi) is 6.38. The first-order chi connectivity index (χ1) is 16.5. The molecule has 0 spiro atoms. The van der Waals surface area contributed by atoms with Crippen molar-refractivity contribution < 1.29 is 28.2 Å². The van der Waals surface area contributed by atoms with E-state index in [0.717, 1.165) is 12.1 Å². The fourth-order valence-electron chi connectivity index (χ4n) is 4.09. The number of allylic oxidation sites excluding steroid dienone is 1. The third-order valence-corrected chi connectivity index (χ3v) is 5.94. The van der Waals surface area contributed by atoms with Crippen LogP contribution in [0, 0.1) is 11.6 Å². The van der Waals surface area contributed by atoms with E-state index in [1.807, 2.05) is 6.92 Å². The SMILES string of the molecule is CCNC(=O)C1=CC2=C(C1)C(=O)N(C)CN2c1cc(C(C)(C)O)ccc1Oc1ccc(F)cc1F. The highest BCUT2D eigenvalue weighted by molar-refractivity contribution is 6.04. The average Bonchev–Trinajstić information content (AvgIpc) is 3.24. The van der Waals surface area contributed by atoms with E-state index in [2.05, 4.69) is 5.32 Å². The van der Waals surface area contributed by atoms with Crippen LogP contribution in [0.4, 0.5) is 14.5 Å². The van der Waals surface area contributed by atoms with E-state index in [9.17, 15) is 23.5 Å². The predicted molar refractivity (Wildman–Crippen MR) is 127 cm³/mol. The minimum absolute atomic E-state index is 0.133. The number of carbonyl (C=O) groups is 2. The van der Waals surface area contributed by atoms with Gasteiger partial charge in [0.1, 0.15) is 5.82 Å². The van der Waals surface area contributed by atoms with Gasteiger partial charge >= 0.3 is 0 Å². The van der Waals surface area contributed by atoms with E-state index < -0.39 is 17.2 Å². The number of hydrogen-bond donors (Lipinski definition) is 2. The summed E-state index contributed by atoms with van der Waals surface area (Å²) in [5.41, 5.74) is 1.26. The Morgan fingerprint density at radius 3 is 2.54 bits per heavy atom. The van der Waals surface area contributed by atoms with Gasteiger partial charge in [0, 0.05) is 37.2 Å². The predicted octanol–water partition coefficient (Wildman–Crippen LogP) is 3.94. The van der Waals surface area contributed by atoms with Crippen LogP contribution >= 0.6 is 0 Å². The number of nitrogens with one attached hydrogen (secondary N) is 1. The maximum Gasteiger partial charge on any atom is 0.253 e. The van der Waals surface area contributed by atoms with Gasteiger partial charge in [0.15, 0.2) is 17.3 Å². The number of likely N-dealkylation sites (N-methyl/N-ethyl adjacent to an activating group) is 2. The van der Waals surface area contributed by atoms with Gasteiger partial charge in [-0.05, 0) is 56.7 Å². The van der Waals surface area contributed by atoms with Gasteiger partial charge in [-0.2, -0.15) is 0 Å². The van der Waals surface area contributed by atoms with Crippen molar-refractivity contribution in [1.29, 1.82) is 0 Å². The molecule has 0 aromatic heterocycles. The monoisotopic (exact) mass is 483 g/mol. The summed E-state index contributed by atoms with van der Waals surface area (Å²) >= 11 is 0. The van der Waals surface area contributed by atoms with E-state index in [-0.39, 0.29) is 36.4 Å². The van der Waals surface area contributed by atoms with Crippen LogP contribution in [0.1, 0.15) is 32.8 Å². The van der Waals surface area contributed by atoms with Crippen molar-refractivity contribution in [3.8, 4) is 11.5 Å². The second kappa shape index (κ2) is 9.14. The molecule has 1 aliphatic heterocycles. The summed E-state index contributed by atoms with van der Waals surface area (Å²) in [5, 5.41) is 13.4. The lowest BCUT2D eigenvalue weighted by Gasteiger charge is -2.37. The van der Waals surface area contributed by atoms with Gasteiger partial charge in [-0.3, -0.25) is 9.59 Å². The van der Waals surface area contributed by atoms with Crippen molar-refractivity contribution in [1.82, 2.24) is 10.2 Å². The molecular weight excluding hydrogens is 456 g/mol. The quantitative estimate of drug-likeness (QED) is 0.651. The first kappa shape index (κ1) is 24.4. The first-order valence-corrected chi connectivity index (χ1v) is 11.2. The zero-order chi connectivity index (χ0) is 25.5. The molecule has 1 heterocycles. The Hall–Kier alpha value is -3.72. The number of carbonyl (C=O) groups excluding carboxylic acids is 2. The molecule has 35 heavy (non-hydrogen) atoms. The van der Waals surface area contributed by atoms with Crippen LogP contribution in [0.2, 0.25) is 0 Å². The van der Waals surface area contributed by atoms with E-state index in [4.69, 9.17) is 4.74 Å². The van der Waals surface area contributed by atoms with Gasteiger partial charge in [-0.1, -0.05) is 6.07 Å². The minimum atomic E-state index is -1.19. The lowest BCUT2D eigenvalue weighted by Crippen LogP contribution is -2.44. The summed E-state index contributed by atoms with van der Waals surface area (Å²) in [4.78, 5) is 28.7. The second-order valence-corrected chi connectivity index (χ2v) is 9.06. The highest BCUT2D eigenvalue weighted by atomic mass is 19.1. The highest BCUT2D eigenvalue weighted by Crippen LogP contribution is 2.42. The molecule has 0 saturated carbocycles. The van der Waals surface area contributed by atoms with Crippen molar-refractivity contribution in [3.63, 3.8) is 0 Å². The molecule has 0 radical (unpaired) electrons. The molecule has 184 valence electrons. The van der Waals surface area contributed by atoms with E-state index in [1.165, 1.54) is 11.0 Å². The van der Waals surface area contributed by atoms with E-state index >= 15 is 0 Å². The molecule has 2 aromatic carbocycles. The average molecular weight is 484 g/mol. The lowest BCUT2D eigenvalue weighted by molar-refractivity contribution is -0.126. The molecule has 0 unspecified atom stereocenters. The van der Waals surface area contributed by atoms with Crippen molar-refractivity contribution in [3.05, 3.63) is 76.5 Å². The van der Waals surface area contributed by atoms with Crippen LogP contribution in [-0.4, -0.2) is 42.1 Å². The van der Waals surface area contributed by atoms with Crippen molar-refractivity contribution in [2.45, 2.75) is 32.8 Å². The molecule has 2 N–H and O–H groups in total. The molecule has 2 amide bonds. The maximum absolute atomic E-state index is 14.4. The van der Waals surface area contributed by atoms with Crippen LogP contribution in [0.25, 0.3) is 0 Å². The Bertz CT molecular complexity index is 1260. The van der Waals surface area contributed by atoms with Gasteiger partial charge in [-0.25, -0.2) is 8.78 Å². The summed E-state index contributed by atoms with van der Waals surface area (Å²) in [7, 11) is 1.64. The molecule has 0 atom stereocenters. The zero-order valence-electron chi connectivity index (χ0n) is 20.0. The van der Waals surface area contributed by atoms with Crippen LogP contribution in [-0.2, 0) is 15.2 Å². The Labute approximate surface area is 202 Å². The summed E-state index contributed by atoms with van der Waals surface area (Å²) in [6.07, 6.45) is 1.85.